The summed E-state index contributed by atoms with van der Waals surface area (Å²) in [5, 5.41) is 0. The number of allylic oxidation sites excluding steroid dienone is 1. The first-order valence-electron chi connectivity index (χ1n) is 10.2. The predicted octanol–water partition coefficient (Wildman–Crippen LogP) is 3.55. The zero-order chi connectivity index (χ0) is 20.5. The van der Waals surface area contributed by atoms with Crippen molar-refractivity contribution < 1.29 is 19.0 Å². The Morgan fingerprint density at radius 2 is 1.90 bits per heavy atom. The molecule has 0 bridgehead atoms. The molecule has 0 saturated carbocycles. The molecule has 30 heavy (non-hydrogen) atoms. The summed E-state index contributed by atoms with van der Waals surface area (Å²) >= 11 is 3.47. The molecule has 3 heterocycles. The van der Waals surface area contributed by atoms with Gasteiger partial charge < -0.3 is 14.2 Å². The molecule has 2 aromatic carbocycles. The summed E-state index contributed by atoms with van der Waals surface area (Å²) in [6, 6.07) is 11.5. The van der Waals surface area contributed by atoms with Gasteiger partial charge in [-0.1, -0.05) is 28.1 Å². The van der Waals surface area contributed by atoms with Crippen LogP contribution in [0, 0.1) is 0 Å². The van der Waals surface area contributed by atoms with Crippen LogP contribution in [0.25, 0.3) is 6.08 Å². The number of rotatable bonds is 4. The van der Waals surface area contributed by atoms with Gasteiger partial charge in [0.15, 0.2) is 5.76 Å². The van der Waals surface area contributed by atoms with E-state index in [1.807, 2.05) is 36.4 Å². The van der Waals surface area contributed by atoms with Crippen molar-refractivity contribution in [2.45, 2.75) is 6.54 Å². The Hall–Kier alpha value is -2.19. The summed E-state index contributed by atoms with van der Waals surface area (Å²) in [5.41, 5.74) is 2.47. The minimum Gasteiger partial charge on any atom is -0.478 e. The second kappa shape index (κ2) is 8.51. The number of ketones is 1. The number of nitrogens with zero attached hydrogens (tertiary/aromatic N) is 2. The molecule has 1 fully saturated rings. The van der Waals surface area contributed by atoms with Gasteiger partial charge in [0.2, 0.25) is 5.78 Å². The lowest BCUT2D eigenvalue weighted by Gasteiger charge is -2.33. The molecule has 0 unspecified atom stereocenters. The molecular weight excluding hydrogens is 448 g/mol. The molecule has 0 atom stereocenters. The average molecular weight is 471 g/mol. The molecule has 2 aromatic rings. The van der Waals surface area contributed by atoms with Crippen LogP contribution in [0.15, 0.2) is 46.6 Å². The van der Waals surface area contributed by atoms with Gasteiger partial charge in [0.05, 0.1) is 24.3 Å². The molecule has 0 N–H and O–H groups in total. The van der Waals surface area contributed by atoms with Gasteiger partial charge in [-0.05, 0) is 35.9 Å². The van der Waals surface area contributed by atoms with Crippen LogP contribution in [0.3, 0.4) is 0 Å². The normalized spacial score (nSPS) is 20.6. The van der Waals surface area contributed by atoms with E-state index in [1.165, 1.54) is 0 Å². The Bertz CT molecular complexity index is 1000. The number of carbonyl (C=O) groups excluding carboxylic acids is 1. The highest BCUT2D eigenvalue weighted by atomic mass is 79.9. The molecule has 6 nitrogen and oxygen atoms in total. The predicted molar refractivity (Wildman–Crippen MR) is 117 cm³/mol. The molecule has 5 rings (SSSR count). The second-order valence-electron chi connectivity index (χ2n) is 7.69. The zero-order valence-corrected chi connectivity index (χ0v) is 18.2. The number of benzene rings is 2. The van der Waals surface area contributed by atoms with E-state index in [2.05, 4.69) is 25.7 Å². The van der Waals surface area contributed by atoms with Crippen LogP contribution in [-0.4, -0.2) is 61.7 Å². The van der Waals surface area contributed by atoms with Crippen molar-refractivity contribution in [2.24, 2.45) is 0 Å². The smallest absolute Gasteiger partial charge is 0.231 e. The highest BCUT2D eigenvalue weighted by Crippen LogP contribution is 2.42. The van der Waals surface area contributed by atoms with Crippen molar-refractivity contribution in [3.8, 4) is 11.5 Å². The topological polar surface area (TPSA) is 51.2 Å². The SMILES string of the molecule is O=C1C(=Cc2cccc(Br)c2)Oc2c1ccc1c2CN(CCN2CCOCC2)CO1. The lowest BCUT2D eigenvalue weighted by molar-refractivity contribution is 0.0239. The maximum absolute atomic E-state index is 12.9. The monoisotopic (exact) mass is 470 g/mol. The van der Waals surface area contributed by atoms with Crippen molar-refractivity contribution in [2.75, 3.05) is 46.1 Å². The Balaban J connectivity index is 1.34. The number of Topliss-reactive ketones (excluding diaryl/α,β-unsaturated/α-hetero) is 1. The number of ether oxygens (including phenoxy) is 3. The molecule has 1 saturated heterocycles. The van der Waals surface area contributed by atoms with Crippen LogP contribution >= 0.6 is 15.9 Å². The molecule has 0 spiro atoms. The van der Waals surface area contributed by atoms with Crippen molar-refractivity contribution in [1.29, 1.82) is 0 Å². The molecule has 3 aliphatic rings. The van der Waals surface area contributed by atoms with E-state index in [-0.39, 0.29) is 5.78 Å². The Morgan fingerprint density at radius 3 is 2.73 bits per heavy atom. The third kappa shape index (κ3) is 4.03. The Kier molecular flexibility index (Phi) is 5.60. The van der Waals surface area contributed by atoms with Gasteiger partial charge in [0.1, 0.15) is 18.2 Å². The van der Waals surface area contributed by atoms with Crippen LogP contribution in [0.1, 0.15) is 21.5 Å². The van der Waals surface area contributed by atoms with Crippen LogP contribution in [-0.2, 0) is 11.3 Å². The van der Waals surface area contributed by atoms with Crippen LogP contribution in [0.2, 0.25) is 0 Å². The summed E-state index contributed by atoms with van der Waals surface area (Å²) in [7, 11) is 0. The number of fused-ring (bicyclic) bond motifs is 3. The summed E-state index contributed by atoms with van der Waals surface area (Å²) < 4.78 is 18.4. The van der Waals surface area contributed by atoms with E-state index < -0.39 is 0 Å². The highest BCUT2D eigenvalue weighted by Gasteiger charge is 2.33. The lowest BCUT2D eigenvalue weighted by atomic mass is 10.0. The van der Waals surface area contributed by atoms with Gasteiger partial charge in [-0.3, -0.25) is 14.6 Å². The van der Waals surface area contributed by atoms with E-state index in [1.54, 1.807) is 6.08 Å². The third-order valence-electron chi connectivity index (χ3n) is 5.66. The highest BCUT2D eigenvalue weighted by molar-refractivity contribution is 9.10. The summed E-state index contributed by atoms with van der Waals surface area (Å²) in [5.74, 6) is 1.70. The number of carbonyl (C=O) groups is 1. The molecular formula is C23H23BrN2O4. The summed E-state index contributed by atoms with van der Waals surface area (Å²) in [6.45, 7) is 6.68. The van der Waals surface area contributed by atoms with Crippen LogP contribution < -0.4 is 9.47 Å². The van der Waals surface area contributed by atoms with Crippen LogP contribution in [0.5, 0.6) is 11.5 Å². The van der Waals surface area contributed by atoms with Crippen molar-refractivity contribution in [3.63, 3.8) is 0 Å². The molecule has 0 amide bonds. The average Bonchev–Trinajstić information content (AvgIpc) is 3.09. The third-order valence-corrected chi connectivity index (χ3v) is 6.16. The fourth-order valence-electron chi connectivity index (χ4n) is 4.00. The van der Waals surface area contributed by atoms with Gasteiger partial charge in [-0.25, -0.2) is 0 Å². The number of morpholine rings is 1. The van der Waals surface area contributed by atoms with E-state index in [0.29, 0.717) is 30.3 Å². The molecule has 0 aromatic heterocycles. The fraction of sp³-hybridized carbons (Fsp3) is 0.348. The summed E-state index contributed by atoms with van der Waals surface area (Å²) in [4.78, 5) is 17.6. The van der Waals surface area contributed by atoms with Gasteiger partial charge in [-0.2, -0.15) is 0 Å². The maximum Gasteiger partial charge on any atom is 0.231 e. The van der Waals surface area contributed by atoms with Gasteiger partial charge in [-0.15, -0.1) is 0 Å². The molecule has 7 heteroatoms. The second-order valence-corrected chi connectivity index (χ2v) is 8.61. The number of hydrogen-bond acceptors (Lipinski definition) is 6. The molecule has 0 aliphatic carbocycles. The van der Waals surface area contributed by atoms with Gasteiger partial charge in [0, 0.05) is 37.2 Å². The van der Waals surface area contributed by atoms with Crippen molar-refractivity contribution in [1.82, 2.24) is 9.80 Å². The zero-order valence-electron chi connectivity index (χ0n) is 16.6. The van der Waals surface area contributed by atoms with Crippen molar-refractivity contribution >= 4 is 27.8 Å². The largest absolute Gasteiger partial charge is 0.478 e. The van der Waals surface area contributed by atoms with E-state index in [9.17, 15) is 4.79 Å². The maximum atomic E-state index is 12.9. The first-order chi connectivity index (χ1) is 14.7. The molecule has 0 radical (unpaired) electrons. The Labute approximate surface area is 184 Å². The Morgan fingerprint density at radius 1 is 1.07 bits per heavy atom. The van der Waals surface area contributed by atoms with Crippen molar-refractivity contribution in [3.05, 3.63) is 63.3 Å². The van der Waals surface area contributed by atoms with E-state index >= 15 is 0 Å². The standard InChI is InChI=1S/C23H23BrN2O4/c24-17-3-1-2-16(12-17)13-21-22(27)18-4-5-20-19(23(18)30-21)14-26(15-29-20)7-6-25-8-10-28-11-9-25/h1-5,12-13H,6-11,14-15H2. The van der Waals surface area contributed by atoms with Gasteiger partial charge >= 0.3 is 0 Å². The van der Waals surface area contributed by atoms with Gasteiger partial charge in [0.25, 0.3) is 0 Å². The van der Waals surface area contributed by atoms with Crippen LogP contribution in [0.4, 0.5) is 0 Å². The minimum atomic E-state index is -0.0850. The number of hydrogen-bond donors (Lipinski definition) is 0. The minimum absolute atomic E-state index is 0.0850. The van der Waals surface area contributed by atoms with E-state index in [0.717, 1.165) is 60.7 Å². The summed E-state index contributed by atoms with van der Waals surface area (Å²) in [6.07, 6.45) is 1.79. The first-order valence-corrected chi connectivity index (χ1v) is 11.0. The number of halogens is 1. The first kappa shape index (κ1) is 19.8. The van der Waals surface area contributed by atoms with E-state index in [4.69, 9.17) is 14.2 Å². The lowest BCUT2D eigenvalue weighted by Crippen LogP contribution is -2.43. The quantitative estimate of drug-likeness (QED) is 0.636. The molecule has 156 valence electrons. The molecule has 3 aliphatic heterocycles. The fourth-order valence-corrected chi connectivity index (χ4v) is 4.42.